The molecule has 0 aromatic heterocycles. The number of fused-ring (bicyclic) bond motifs is 3. The Morgan fingerprint density at radius 1 is 1.07 bits per heavy atom. The summed E-state index contributed by atoms with van der Waals surface area (Å²) in [6, 6.07) is 0. The van der Waals surface area contributed by atoms with Gasteiger partial charge in [-0.05, 0) is 0 Å². The minimum Gasteiger partial charge on any atom is -0.379 e. The first kappa shape index (κ1) is 9.06. The van der Waals surface area contributed by atoms with Crippen molar-refractivity contribution in [1.82, 2.24) is 0 Å². The molecule has 0 saturated carbocycles. The molecule has 2 N–H and O–H groups in total. The summed E-state index contributed by atoms with van der Waals surface area (Å²) in [6.45, 7) is 3.73. The third kappa shape index (κ3) is 0.963. The van der Waals surface area contributed by atoms with Gasteiger partial charge in [0.1, 0.15) is 5.41 Å². The van der Waals surface area contributed by atoms with E-state index in [0.717, 1.165) is 0 Å². The molecule has 0 aliphatic carbocycles. The van der Waals surface area contributed by atoms with Crippen molar-refractivity contribution in [3.63, 3.8) is 0 Å². The first-order valence-electron chi connectivity index (χ1n) is 5.00. The van der Waals surface area contributed by atoms with E-state index >= 15 is 0 Å². The van der Waals surface area contributed by atoms with E-state index < -0.39 is 5.97 Å². The molecule has 2 bridgehead atoms. The summed E-state index contributed by atoms with van der Waals surface area (Å²) in [5, 5.41) is 0. The van der Waals surface area contributed by atoms with E-state index in [9.17, 15) is 0 Å². The van der Waals surface area contributed by atoms with Crippen LogP contribution in [-0.4, -0.2) is 45.6 Å². The topological polar surface area (TPSA) is 62.9 Å². The molecule has 0 amide bonds. The summed E-state index contributed by atoms with van der Waals surface area (Å²) in [4.78, 5) is 0. The summed E-state index contributed by atoms with van der Waals surface area (Å²) in [7, 11) is 0. The van der Waals surface area contributed by atoms with Gasteiger partial charge in [0, 0.05) is 12.5 Å². The molecule has 80 valence electrons. The average molecular weight is 201 g/mol. The predicted molar refractivity (Wildman–Crippen MR) is 46.4 cm³/mol. The molecule has 4 aliphatic rings. The van der Waals surface area contributed by atoms with Gasteiger partial charge in [-0.25, -0.2) is 0 Å². The maximum Gasteiger partial charge on any atom is 0.294 e. The monoisotopic (exact) mass is 201 g/mol. The Labute approximate surface area is 82.4 Å². The van der Waals surface area contributed by atoms with Gasteiger partial charge in [0.15, 0.2) is 0 Å². The van der Waals surface area contributed by atoms with Crippen LogP contribution < -0.4 is 5.73 Å². The van der Waals surface area contributed by atoms with Crippen molar-refractivity contribution in [3.8, 4) is 0 Å². The summed E-state index contributed by atoms with van der Waals surface area (Å²) in [6.07, 6.45) is 0. The van der Waals surface area contributed by atoms with Crippen LogP contribution in [0.1, 0.15) is 0 Å². The fourth-order valence-corrected chi connectivity index (χ4v) is 2.18. The summed E-state index contributed by atoms with van der Waals surface area (Å²) in [5.41, 5.74) is 5.46. The Hall–Kier alpha value is -0.200. The Balaban J connectivity index is 1.86. The molecule has 0 unspecified atom stereocenters. The Morgan fingerprint density at radius 3 is 2.00 bits per heavy atom. The number of nitrogens with two attached hydrogens (primary N) is 1. The molecule has 0 spiro atoms. The molecule has 14 heavy (non-hydrogen) atoms. The van der Waals surface area contributed by atoms with Gasteiger partial charge >= 0.3 is 0 Å². The number of ether oxygens (including phenoxy) is 4. The lowest BCUT2D eigenvalue weighted by molar-refractivity contribution is -0.507. The highest BCUT2D eigenvalue weighted by molar-refractivity contribution is 4.98. The van der Waals surface area contributed by atoms with E-state index in [-0.39, 0.29) is 5.41 Å². The summed E-state index contributed by atoms with van der Waals surface area (Å²) in [5.74, 6) is -0.540. The maximum atomic E-state index is 5.76. The van der Waals surface area contributed by atoms with Crippen LogP contribution in [0.15, 0.2) is 0 Å². The maximum absolute atomic E-state index is 5.76. The molecule has 4 fully saturated rings. The normalized spacial score (nSPS) is 44.8. The molecule has 4 saturated heterocycles. The quantitative estimate of drug-likeness (QED) is 0.640. The second kappa shape index (κ2) is 2.90. The van der Waals surface area contributed by atoms with E-state index in [0.29, 0.717) is 45.5 Å². The van der Waals surface area contributed by atoms with Crippen LogP contribution in [0, 0.1) is 11.3 Å². The van der Waals surface area contributed by atoms with Crippen molar-refractivity contribution in [1.29, 1.82) is 0 Å². The molecule has 5 nitrogen and oxygen atoms in total. The molecule has 4 aliphatic heterocycles. The second-order valence-corrected chi connectivity index (χ2v) is 4.33. The fraction of sp³-hybridized carbons (Fsp3) is 1.00. The van der Waals surface area contributed by atoms with Crippen molar-refractivity contribution in [2.45, 2.75) is 5.97 Å². The minimum absolute atomic E-state index is 0.293. The van der Waals surface area contributed by atoms with Gasteiger partial charge in [-0.3, -0.25) is 0 Å². The second-order valence-electron chi connectivity index (χ2n) is 4.33. The van der Waals surface area contributed by atoms with E-state index in [1.165, 1.54) is 0 Å². The Kier molecular flexibility index (Phi) is 1.87. The van der Waals surface area contributed by atoms with Crippen molar-refractivity contribution >= 4 is 0 Å². The first-order valence-corrected chi connectivity index (χ1v) is 5.00. The molecule has 0 aromatic carbocycles. The molecular weight excluding hydrogens is 186 g/mol. The third-order valence-electron chi connectivity index (χ3n) is 3.32. The van der Waals surface area contributed by atoms with Gasteiger partial charge in [0.2, 0.25) is 0 Å². The standard InChI is InChI=1S/C9H15NO4/c10-4-8(5-11-6-8)9-12-1-7(2-13-9)3-14-9/h7H,1-6,10H2. The smallest absolute Gasteiger partial charge is 0.294 e. The van der Waals surface area contributed by atoms with Crippen LogP contribution in [0.25, 0.3) is 0 Å². The van der Waals surface area contributed by atoms with Crippen LogP contribution in [-0.2, 0) is 18.9 Å². The zero-order chi connectivity index (χ0) is 9.65. The van der Waals surface area contributed by atoms with Crippen LogP contribution in [0.4, 0.5) is 0 Å². The van der Waals surface area contributed by atoms with Gasteiger partial charge in [0.25, 0.3) is 5.97 Å². The summed E-state index contributed by atoms with van der Waals surface area (Å²) < 4.78 is 22.2. The van der Waals surface area contributed by atoms with Crippen LogP contribution >= 0.6 is 0 Å². The SMILES string of the molecule is NCC1(C23OCC(CO2)CO3)COC1. The van der Waals surface area contributed by atoms with Gasteiger partial charge in [0.05, 0.1) is 33.0 Å². The van der Waals surface area contributed by atoms with Gasteiger partial charge in [-0.2, -0.15) is 0 Å². The lowest BCUT2D eigenvalue weighted by atomic mass is 9.81. The lowest BCUT2D eigenvalue weighted by Gasteiger charge is -2.57. The van der Waals surface area contributed by atoms with Crippen LogP contribution in [0.5, 0.6) is 0 Å². The highest BCUT2D eigenvalue weighted by Crippen LogP contribution is 2.47. The van der Waals surface area contributed by atoms with E-state index in [2.05, 4.69) is 0 Å². The van der Waals surface area contributed by atoms with Crippen molar-refractivity contribution in [2.75, 3.05) is 39.6 Å². The largest absolute Gasteiger partial charge is 0.379 e. The molecule has 5 heteroatoms. The van der Waals surface area contributed by atoms with Gasteiger partial charge in [-0.15, -0.1) is 0 Å². The minimum atomic E-state index is -0.922. The summed E-state index contributed by atoms with van der Waals surface area (Å²) >= 11 is 0. The van der Waals surface area contributed by atoms with Crippen molar-refractivity contribution < 1.29 is 18.9 Å². The van der Waals surface area contributed by atoms with Crippen LogP contribution in [0.2, 0.25) is 0 Å². The zero-order valence-corrected chi connectivity index (χ0v) is 8.03. The van der Waals surface area contributed by atoms with Crippen molar-refractivity contribution in [3.05, 3.63) is 0 Å². The highest BCUT2D eigenvalue weighted by Gasteiger charge is 2.63. The number of rotatable bonds is 2. The van der Waals surface area contributed by atoms with Crippen molar-refractivity contribution in [2.24, 2.45) is 17.1 Å². The van der Waals surface area contributed by atoms with E-state index in [4.69, 9.17) is 24.7 Å². The third-order valence-corrected chi connectivity index (χ3v) is 3.32. The number of hydrogen-bond donors (Lipinski definition) is 1. The predicted octanol–water partition coefficient (Wildman–Crippen LogP) is -0.691. The molecule has 4 rings (SSSR count). The molecule has 4 heterocycles. The number of hydrogen-bond acceptors (Lipinski definition) is 5. The first-order chi connectivity index (χ1) is 6.80. The Bertz CT molecular complexity index is 214. The molecule has 0 aromatic rings. The average Bonchev–Trinajstić information content (AvgIpc) is 2.19. The lowest BCUT2D eigenvalue weighted by Crippen LogP contribution is -2.71. The molecular formula is C9H15NO4. The zero-order valence-electron chi connectivity index (χ0n) is 8.03. The highest BCUT2D eigenvalue weighted by atomic mass is 16.9. The molecule has 0 atom stereocenters. The van der Waals surface area contributed by atoms with E-state index in [1.54, 1.807) is 0 Å². The van der Waals surface area contributed by atoms with E-state index in [1.807, 2.05) is 0 Å². The van der Waals surface area contributed by atoms with Gasteiger partial charge < -0.3 is 24.7 Å². The Morgan fingerprint density at radius 2 is 1.64 bits per heavy atom. The van der Waals surface area contributed by atoms with Gasteiger partial charge in [-0.1, -0.05) is 0 Å². The molecule has 0 radical (unpaired) electrons. The van der Waals surface area contributed by atoms with Crippen LogP contribution in [0.3, 0.4) is 0 Å². The fourth-order valence-electron chi connectivity index (χ4n) is 2.18.